The van der Waals surface area contributed by atoms with E-state index < -0.39 is 0 Å². The Bertz CT molecular complexity index is 281. The van der Waals surface area contributed by atoms with Gasteiger partial charge in [-0.05, 0) is 44.2 Å². The molecule has 3 nitrogen and oxygen atoms in total. The van der Waals surface area contributed by atoms with Crippen LogP contribution in [0.3, 0.4) is 0 Å². The van der Waals surface area contributed by atoms with Crippen molar-refractivity contribution in [2.75, 3.05) is 26.2 Å². The van der Waals surface area contributed by atoms with Crippen LogP contribution in [0.25, 0.3) is 0 Å². The van der Waals surface area contributed by atoms with Gasteiger partial charge in [-0.15, -0.1) is 0 Å². The van der Waals surface area contributed by atoms with E-state index in [0.29, 0.717) is 18.4 Å². The van der Waals surface area contributed by atoms with Gasteiger partial charge in [0, 0.05) is 6.54 Å². The summed E-state index contributed by atoms with van der Waals surface area (Å²) in [5.41, 5.74) is 0. The molecular weight excluding hydrogens is 262 g/mol. The van der Waals surface area contributed by atoms with E-state index in [9.17, 15) is 4.79 Å². The summed E-state index contributed by atoms with van der Waals surface area (Å²) in [6.45, 7) is 12.2. The summed E-state index contributed by atoms with van der Waals surface area (Å²) in [5.74, 6) is 1.30. The molecule has 1 aliphatic carbocycles. The van der Waals surface area contributed by atoms with Crippen molar-refractivity contribution in [2.24, 2.45) is 17.8 Å². The van der Waals surface area contributed by atoms with E-state index in [1.807, 2.05) is 0 Å². The third-order valence-electron chi connectivity index (χ3n) is 4.79. The van der Waals surface area contributed by atoms with Gasteiger partial charge in [0.1, 0.15) is 6.61 Å². The minimum Gasteiger partial charge on any atom is -0.464 e. The van der Waals surface area contributed by atoms with E-state index in [4.69, 9.17) is 4.74 Å². The molecule has 21 heavy (non-hydrogen) atoms. The second-order valence-corrected chi connectivity index (χ2v) is 6.83. The lowest BCUT2D eigenvalue weighted by molar-refractivity contribution is -0.152. The van der Waals surface area contributed by atoms with E-state index in [1.54, 1.807) is 0 Å². The van der Waals surface area contributed by atoms with Gasteiger partial charge < -0.3 is 9.64 Å². The van der Waals surface area contributed by atoms with Crippen LogP contribution in [0.1, 0.15) is 66.2 Å². The highest BCUT2D eigenvalue weighted by molar-refractivity contribution is 5.72. The molecule has 124 valence electrons. The Balaban J connectivity index is 2.46. The summed E-state index contributed by atoms with van der Waals surface area (Å²) in [7, 11) is 0. The first-order valence-corrected chi connectivity index (χ1v) is 8.97. The predicted molar refractivity (Wildman–Crippen MR) is 88.3 cm³/mol. The molecule has 1 fully saturated rings. The van der Waals surface area contributed by atoms with E-state index in [2.05, 4.69) is 32.6 Å². The van der Waals surface area contributed by atoms with E-state index in [-0.39, 0.29) is 11.9 Å². The van der Waals surface area contributed by atoms with Crippen molar-refractivity contribution in [2.45, 2.75) is 66.2 Å². The molecular formula is C18H35NO2. The van der Waals surface area contributed by atoms with Crippen LogP contribution in [0.5, 0.6) is 0 Å². The molecule has 0 N–H and O–H groups in total. The highest BCUT2D eigenvalue weighted by Crippen LogP contribution is 2.34. The molecule has 0 bridgehead atoms. The summed E-state index contributed by atoms with van der Waals surface area (Å²) in [4.78, 5) is 14.8. The average molecular weight is 297 g/mol. The molecule has 0 aromatic carbocycles. The predicted octanol–water partition coefficient (Wildman–Crippen LogP) is 4.11. The SMILES string of the molecule is CCN(CC)CCOC(=O)C(CC(C)C)C1CCCCC1. The van der Waals surface area contributed by atoms with Crippen molar-refractivity contribution >= 4 is 5.97 Å². The Kier molecular flexibility index (Phi) is 8.98. The quantitative estimate of drug-likeness (QED) is 0.600. The second-order valence-electron chi connectivity index (χ2n) is 6.83. The number of rotatable bonds is 9. The molecule has 1 unspecified atom stereocenters. The van der Waals surface area contributed by atoms with Gasteiger partial charge in [0.2, 0.25) is 0 Å². The molecule has 0 saturated heterocycles. The Labute approximate surface area is 131 Å². The second kappa shape index (κ2) is 10.2. The van der Waals surface area contributed by atoms with E-state index in [1.165, 1.54) is 32.1 Å². The largest absolute Gasteiger partial charge is 0.464 e. The van der Waals surface area contributed by atoms with Crippen molar-refractivity contribution in [3.63, 3.8) is 0 Å². The van der Waals surface area contributed by atoms with Gasteiger partial charge in [-0.3, -0.25) is 4.79 Å². The zero-order valence-electron chi connectivity index (χ0n) is 14.6. The number of hydrogen-bond donors (Lipinski definition) is 0. The minimum absolute atomic E-state index is 0.0581. The van der Waals surface area contributed by atoms with Gasteiger partial charge >= 0.3 is 5.97 Å². The number of hydrogen-bond acceptors (Lipinski definition) is 3. The van der Waals surface area contributed by atoms with Gasteiger partial charge in [-0.2, -0.15) is 0 Å². The summed E-state index contributed by atoms with van der Waals surface area (Å²) in [6, 6.07) is 0. The van der Waals surface area contributed by atoms with Crippen LogP contribution in [-0.2, 0) is 9.53 Å². The molecule has 1 aliphatic rings. The Morgan fingerprint density at radius 2 is 1.76 bits per heavy atom. The molecule has 0 aromatic heterocycles. The van der Waals surface area contributed by atoms with Crippen LogP contribution >= 0.6 is 0 Å². The molecule has 0 aromatic rings. The van der Waals surface area contributed by atoms with E-state index in [0.717, 1.165) is 26.1 Å². The Morgan fingerprint density at radius 1 is 1.14 bits per heavy atom. The minimum atomic E-state index is 0.0581. The highest BCUT2D eigenvalue weighted by Gasteiger charge is 2.31. The first-order valence-electron chi connectivity index (χ1n) is 8.97. The van der Waals surface area contributed by atoms with Crippen molar-refractivity contribution in [3.8, 4) is 0 Å². The number of carbonyl (C=O) groups excluding carboxylic acids is 1. The molecule has 1 rings (SSSR count). The molecule has 3 heteroatoms. The Hall–Kier alpha value is -0.570. The van der Waals surface area contributed by atoms with Crippen molar-refractivity contribution in [1.29, 1.82) is 0 Å². The van der Waals surface area contributed by atoms with Gasteiger partial charge in [0.15, 0.2) is 0 Å². The fourth-order valence-electron chi connectivity index (χ4n) is 3.45. The average Bonchev–Trinajstić information content (AvgIpc) is 2.49. The third kappa shape index (κ3) is 6.82. The molecule has 1 atom stereocenters. The molecule has 0 amide bonds. The Morgan fingerprint density at radius 3 is 2.29 bits per heavy atom. The van der Waals surface area contributed by atoms with Gasteiger partial charge in [-0.1, -0.05) is 47.0 Å². The molecule has 0 spiro atoms. The maximum absolute atomic E-state index is 12.5. The number of nitrogens with zero attached hydrogens (tertiary/aromatic N) is 1. The van der Waals surface area contributed by atoms with Crippen LogP contribution in [0.15, 0.2) is 0 Å². The topological polar surface area (TPSA) is 29.5 Å². The fourth-order valence-corrected chi connectivity index (χ4v) is 3.45. The van der Waals surface area contributed by atoms with Crippen LogP contribution in [0.4, 0.5) is 0 Å². The van der Waals surface area contributed by atoms with Crippen molar-refractivity contribution in [3.05, 3.63) is 0 Å². The van der Waals surface area contributed by atoms with Crippen LogP contribution in [-0.4, -0.2) is 37.1 Å². The van der Waals surface area contributed by atoms with Crippen molar-refractivity contribution in [1.82, 2.24) is 4.90 Å². The maximum Gasteiger partial charge on any atom is 0.309 e. The normalized spacial score (nSPS) is 18.2. The summed E-state index contributed by atoms with van der Waals surface area (Å²) >= 11 is 0. The maximum atomic E-state index is 12.5. The van der Waals surface area contributed by atoms with Crippen LogP contribution < -0.4 is 0 Å². The lowest BCUT2D eigenvalue weighted by atomic mass is 9.76. The number of likely N-dealkylation sites (N-methyl/N-ethyl adjacent to an activating group) is 1. The van der Waals surface area contributed by atoms with Gasteiger partial charge in [0.25, 0.3) is 0 Å². The van der Waals surface area contributed by atoms with Crippen LogP contribution in [0.2, 0.25) is 0 Å². The molecule has 0 aliphatic heterocycles. The smallest absolute Gasteiger partial charge is 0.309 e. The number of ether oxygens (including phenoxy) is 1. The molecule has 0 heterocycles. The van der Waals surface area contributed by atoms with Crippen LogP contribution in [0, 0.1) is 17.8 Å². The summed E-state index contributed by atoms with van der Waals surface area (Å²) in [6.07, 6.45) is 7.31. The first kappa shape index (κ1) is 18.5. The van der Waals surface area contributed by atoms with Gasteiger partial charge in [-0.25, -0.2) is 0 Å². The third-order valence-corrected chi connectivity index (χ3v) is 4.79. The lowest BCUT2D eigenvalue weighted by Gasteiger charge is -2.30. The zero-order valence-corrected chi connectivity index (χ0v) is 14.6. The first-order chi connectivity index (χ1) is 10.1. The molecule has 0 radical (unpaired) electrons. The lowest BCUT2D eigenvalue weighted by Crippen LogP contribution is -2.32. The zero-order chi connectivity index (χ0) is 15.7. The number of esters is 1. The van der Waals surface area contributed by atoms with E-state index >= 15 is 0 Å². The summed E-state index contributed by atoms with van der Waals surface area (Å²) < 4.78 is 5.61. The monoisotopic (exact) mass is 297 g/mol. The molecule has 1 saturated carbocycles. The highest BCUT2D eigenvalue weighted by atomic mass is 16.5. The fraction of sp³-hybridized carbons (Fsp3) is 0.944. The van der Waals surface area contributed by atoms with Gasteiger partial charge in [0.05, 0.1) is 5.92 Å². The number of carbonyl (C=O) groups is 1. The summed E-state index contributed by atoms with van der Waals surface area (Å²) in [5, 5.41) is 0. The standard InChI is InChI=1S/C18H35NO2/c1-5-19(6-2)12-13-21-18(20)17(14-15(3)4)16-10-8-7-9-11-16/h15-17H,5-14H2,1-4H3. The van der Waals surface area contributed by atoms with Crippen molar-refractivity contribution < 1.29 is 9.53 Å².